The number of rotatable bonds is 6. The summed E-state index contributed by atoms with van der Waals surface area (Å²) in [5.41, 5.74) is 1.23. The lowest BCUT2D eigenvalue weighted by Gasteiger charge is -2.21. The average Bonchev–Trinajstić information content (AvgIpc) is 3.34. The molecule has 136 valence electrons. The van der Waals surface area contributed by atoms with Gasteiger partial charge in [-0.15, -0.1) is 16.9 Å². The lowest BCUT2D eigenvalue weighted by Crippen LogP contribution is -2.38. The van der Waals surface area contributed by atoms with Crippen LogP contribution in [0.25, 0.3) is 11.6 Å². The van der Waals surface area contributed by atoms with Gasteiger partial charge in [0, 0.05) is 25.5 Å². The summed E-state index contributed by atoms with van der Waals surface area (Å²) >= 11 is 1.74. The van der Waals surface area contributed by atoms with Gasteiger partial charge in [-0.05, 0) is 36.1 Å². The van der Waals surface area contributed by atoms with Gasteiger partial charge in [0.25, 0.3) is 0 Å². The normalized spacial score (nSPS) is 11.6. The highest BCUT2D eigenvalue weighted by Crippen LogP contribution is 2.16. The third-order valence-corrected chi connectivity index (χ3v) is 4.58. The molecule has 0 aliphatic heterocycles. The molecule has 2 heterocycles. The van der Waals surface area contributed by atoms with Crippen LogP contribution >= 0.6 is 11.8 Å². The molecule has 0 radical (unpaired) electrons. The third-order valence-electron chi connectivity index (χ3n) is 3.84. The Morgan fingerprint density at radius 1 is 1.31 bits per heavy atom. The van der Waals surface area contributed by atoms with E-state index in [0.29, 0.717) is 18.1 Å². The van der Waals surface area contributed by atoms with Crippen molar-refractivity contribution in [2.45, 2.75) is 18.0 Å². The fourth-order valence-electron chi connectivity index (χ4n) is 2.52. The number of benzene rings is 1. The number of aromatic nitrogens is 3. The van der Waals surface area contributed by atoms with Gasteiger partial charge in [0.05, 0.1) is 12.8 Å². The van der Waals surface area contributed by atoms with E-state index in [1.807, 2.05) is 19.2 Å². The first-order valence-corrected chi connectivity index (χ1v) is 9.42. The van der Waals surface area contributed by atoms with E-state index in [1.54, 1.807) is 25.1 Å². The smallest absolute Gasteiger partial charge is 0.216 e. The van der Waals surface area contributed by atoms with Gasteiger partial charge in [-0.2, -0.15) is 0 Å². The second kappa shape index (κ2) is 8.57. The summed E-state index contributed by atoms with van der Waals surface area (Å²) in [5.74, 6) is 2.69. The number of furan rings is 1. The van der Waals surface area contributed by atoms with Crippen molar-refractivity contribution in [3.63, 3.8) is 0 Å². The van der Waals surface area contributed by atoms with Crippen molar-refractivity contribution in [2.75, 3.05) is 20.4 Å². The molecular weight excluding hydrogens is 348 g/mol. The van der Waals surface area contributed by atoms with E-state index in [4.69, 9.17) is 4.42 Å². The molecule has 0 unspecified atom stereocenters. The molecule has 0 saturated heterocycles. The zero-order valence-electron chi connectivity index (χ0n) is 15.1. The maximum absolute atomic E-state index is 5.30. The molecule has 8 heteroatoms. The maximum Gasteiger partial charge on any atom is 0.216 e. The Hall–Kier alpha value is -2.74. The Bertz CT molecular complexity index is 841. The van der Waals surface area contributed by atoms with Crippen LogP contribution in [-0.4, -0.2) is 46.4 Å². The standard InChI is InChI=1S/C18H22N6OS/c1-19-18(24(2)12-13-6-8-14(26-3)9-7-13)20-11-16-21-17(23-22-16)15-5-4-10-25-15/h4-10H,11-12H2,1-3H3,(H,19,20)(H,21,22,23). The number of guanidine groups is 1. The monoisotopic (exact) mass is 370 g/mol. The van der Waals surface area contributed by atoms with Gasteiger partial charge in [0.15, 0.2) is 11.7 Å². The Kier molecular flexibility index (Phi) is 5.96. The predicted octanol–water partition coefficient (Wildman–Crippen LogP) is 2.99. The maximum atomic E-state index is 5.30. The van der Waals surface area contributed by atoms with E-state index in [9.17, 15) is 0 Å². The second-order valence-corrected chi connectivity index (χ2v) is 6.57. The van der Waals surface area contributed by atoms with E-state index in [1.165, 1.54) is 10.5 Å². The van der Waals surface area contributed by atoms with Crippen LogP contribution in [-0.2, 0) is 13.1 Å². The molecule has 0 spiro atoms. The van der Waals surface area contributed by atoms with Crippen LogP contribution < -0.4 is 5.32 Å². The van der Waals surface area contributed by atoms with Crippen molar-refractivity contribution in [3.8, 4) is 11.6 Å². The van der Waals surface area contributed by atoms with E-state index < -0.39 is 0 Å². The van der Waals surface area contributed by atoms with Gasteiger partial charge in [-0.3, -0.25) is 10.1 Å². The van der Waals surface area contributed by atoms with Crippen LogP contribution in [0.5, 0.6) is 0 Å². The minimum Gasteiger partial charge on any atom is -0.461 e. The van der Waals surface area contributed by atoms with Gasteiger partial charge in [-0.25, -0.2) is 4.98 Å². The summed E-state index contributed by atoms with van der Waals surface area (Å²) in [5, 5.41) is 10.4. The Morgan fingerprint density at radius 3 is 2.77 bits per heavy atom. The topological polar surface area (TPSA) is 82.3 Å². The number of H-pyrrole nitrogens is 1. The molecule has 0 saturated carbocycles. The largest absolute Gasteiger partial charge is 0.461 e. The fraction of sp³-hybridized carbons (Fsp3) is 0.278. The Morgan fingerprint density at radius 2 is 2.12 bits per heavy atom. The summed E-state index contributed by atoms with van der Waals surface area (Å²) in [6.45, 7) is 1.26. The number of nitrogens with one attached hydrogen (secondary N) is 2. The summed E-state index contributed by atoms with van der Waals surface area (Å²) in [6.07, 6.45) is 3.68. The number of nitrogens with zero attached hydrogens (tertiary/aromatic N) is 4. The highest BCUT2D eigenvalue weighted by molar-refractivity contribution is 7.98. The van der Waals surface area contributed by atoms with E-state index in [2.05, 4.69) is 60.9 Å². The summed E-state index contributed by atoms with van der Waals surface area (Å²) < 4.78 is 5.30. The molecule has 0 aliphatic carbocycles. The SMILES string of the molecule is CN=C(NCc1nc(-c2ccco2)n[nH]1)N(C)Cc1ccc(SC)cc1. The molecule has 0 atom stereocenters. The van der Waals surface area contributed by atoms with Crippen LogP contribution in [0.3, 0.4) is 0 Å². The van der Waals surface area contributed by atoms with Crippen molar-refractivity contribution in [1.29, 1.82) is 0 Å². The minimum atomic E-state index is 0.496. The molecule has 1 aromatic carbocycles. The Labute approximate surface area is 156 Å². The number of aromatic amines is 1. The van der Waals surface area contributed by atoms with E-state index >= 15 is 0 Å². The molecule has 0 amide bonds. The van der Waals surface area contributed by atoms with Crippen molar-refractivity contribution >= 4 is 17.7 Å². The van der Waals surface area contributed by atoms with Crippen molar-refractivity contribution in [1.82, 2.24) is 25.4 Å². The third kappa shape index (κ3) is 4.45. The van der Waals surface area contributed by atoms with Crippen LogP contribution in [0.4, 0.5) is 0 Å². The van der Waals surface area contributed by atoms with Crippen molar-refractivity contribution < 1.29 is 4.42 Å². The Balaban J connectivity index is 1.57. The van der Waals surface area contributed by atoms with Crippen LogP contribution in [0.15, 0.2) is 57.0 Å². The molecule has 3 aromatic rings. The molecule has 26 heavy (non-hydrogen) atoms. The highest BCUT2D eigenvalue weighted by atomic mass is 32.2. The molecule has 2 aromatic heterocycles. The van der Waals surface area contributed by atoms with Crippen molar-refractivity contribution in [2.24, 2.45) is 4.99 Å². The molecule has 3 rings (SSSR count). The number of hydrogen-bond acceptors (Lipinski definition) is 5. The molecule has 0 bridgehead atoms. The molecule has 2 N–H and O–H groups in total. The van der Waals surface area contributed by atoms with Gasteiger partial charge < -0.3 is 14.6 Å². The molecule has 7 nitrogen and oxygen atoms in total. The average molecular weight is 370 g/mol. The quantitative estimate of drug-likeness (QED) is 0.394. The molecule has 0 fully saturated rings. The van der Waals surface area contributed by atoms with Crippen molar-refractivity contribution in [3.05, 3.63) is 54.0 Å². The summed E-state index contributed by atoms with van der Waals surface area (Å²) in [6, 6.07) is 12.2. The highest BCUT2D eigenvalue weighted by Gasteiger charge is 2.10. The van der Waals surface area contributed by atoms with E-state index in [0.717, 1.165) is 18.3 Å². The fourth-order valence-corrected chi connectivity index (χ4v) is 2.93. The van der Waals surface area contributed by atoms with Gasteiger partial charge in [0.1, 0.15) is 5.82 Å². The molecular formula is C18H22N6OS. The van der Waals surface area contributed by atoms with Gasteiger partial charge >= 0.3 is 0 Å². The van der Waals surface area contributed by atoms with Crippen LogP contribution in [0, 0.1) is 0 Å². The van der Waals surface area contributed by atoms with Crippen LogP contribution in [0.1, 0.15) is 11.4 Å². The zero-order valence-corrected chi connectivity index (χ0v) is 15.9. The lowest BCUT2D eigenvalue weighted by molar-refractivity contribution is 0.475. The lowest BCUT2D eigenvalue weighted by atomic mass is 10.2. The summed E-state index contributed by atoms with van der Waals surface area (Å²) in [7, 11) is 3.77. The van der Waals surface area contributed by atoms with Gasteiger partial charge in [0.2, 0.25) is 5.82 Å². The van der Waals surface area contributed by atoms with E-state index in [-0.39, 0.29) is 0 Å². The second-order valence-electron chi connectivity index (χ2n) is 5.69. The summed E-state index contributed by atoms with van der Waals surface area (Å²) in [4.78, 5) is 12.1. The first-order valence-electron chi connectivity index (χ1n) is 8.19. The number of hydrogen-bond donors (Lipinski definition) is 2. The predicted molar refractivity (Wildman–Crippen MR) is 104 cm³/mol. The first-order chi connectivity index (χ1) is 12.7. The number of thioether (sulfide) groups is 1. The molecule has 0 aliphatic rings. The van der Waals surface area contributed by atoms with Gasteiger partial charge in [-0.1, -0.05) is 12.1 Å². The minimum absolute atomic E-state index is 0.496. The zero-order chi connectivity index (χ0) is 18.4. The number of aliphatic imine (C=N–C) groups is 1. The first kappa shape index (κ1) is 18.1. The van der Waals surface area contributed by atoms with Crippen LogP contribution in [0.2, 0.25) is 0 Å².